The summed E-state index contributed by atoms with van der Waals surface area (Å²) in [4.78, 5) is 14.5. The number of carbonyl (C=O) groups excluding carboxylic acids is 1. The minimum Gasteiger partial charge on any atom is -0.383 e. The minimum atomic E-state index is -4.66. The summed E-state index contributed by atoms with van der Waals surface area (Å²) in [6.45, 7) is 4.96. The van der Waals surface area contributed by atoms with Gasteiger partial charge in [0.2, 0.25) is 15.9 Å². The summed E-state index contributed by atoms with van der Waals surface area (Å²) in [6.07, 6.45) is -4.66. The minimum absolute atomic E-state index is 0.0188. The van der Waals surface area contributed by atoms with Gasteiger partial charge in [0.1, 0.15) is 4.90 Å². The van der Waals surface area contributed by atoms with E-state index in [9.17, 15) is 26.4 Å². The number of halogens is 3. The number of nitrogens with two attached hydrogens (primary N) is 1. The van der Waals surface area contributed by atoms with Gasteiger partial charge in [-0.25, -0.2) is 13.6 Å². The Hall–Kier alpha value is -1.85. The summed E-state index contributed by atoms with van der Waals surface area (Å²) in [5, 5.41) is 7.88. The van der Waals surface area contributed by atoms with Crippen LogP contribution in [-0.4, -0.2) is 63.4 Å². The Balaban J connectivity index is 2.00. The number of nitrogens with zero attached hydrogens (tertiary/aromatic N) is 2. The SMILES string of the molecule is CC(=O)N1CCN(CCNc2ccc(C(F)(F)F)cc2S(N)(=O)=O)CC1. The Morgan fingerprint density at radius 1 is 1.23 bits per heavy atom. The predicted octanol–water partition coefficient (Wildman–Crippen LogP) is 0.929. The quantitative estimate of drug-likeness (QED) is 0.775. The Labute approximate surface area is 150 Å². The van der Waals surface area contributed by atoms with Crippen molar-refractivity contribution in [3.8, 4) is 0 Å². The number of piperazine rings is 1. The molecule has 1 aromatic rings. The molecule has 11 heteroatoms. The van der Waals surface area contributed by atoms with Crippen LogP contribution in [0.25, 0.3) is 0 Å². The van der Waals surface area contributed by atoms with Crippen molar-refractivity contribution in [2.75, 3.05) is 44.6 Å². The molecule has 2 rings (SSSR count). The molecule has 7 nitrogen and oxygen atoms in total. The first-order valence-electron chi connectivity index (χ1n) is 7.94. The average molecular weight is 394 g/mol. The molecule has 146 valence electrons. The Bertz CT molecular complexity index is 760. The molecule has 0 radical (unpaired) electrons. The third-order valence-corrected chi connectivity index (χ3v) is 5.13. The van der Waals surface area contributed by atoms with Crippen molar-refractivity contribution in [3.63, 3.8) is 0 Å². The number of carbonyl (C=O) groups is 1. The number of anilines is 1. The van der Waals surface area contributed by atoms with E-state index in [-0.39, 0.29) is 11.6 Å². The molecule has 0 bridgehead atoms. The van der Waals surface area contributed by atoms with Crippen LogP contribution < -0.4 is 10.5 Å². The van der Waals surface area contributed by atoms with Crippen molar-refractivity contribution in [1.29, 1.82) is 0 Å². The third kappa shape index (κ3) is 5.32. The highest BCUT2D eigenvalue weighted by Gasteiger charge is 2.32. The lowest BCUT2D eigenvalue weighted by Crippen LogP contribution is -2.49. The first-order valence-corrected chi connectivity index (χ1v) is 9.49. The van der Waals surface area contributed by atoms with E-state index >= 15 is 0 Å². The fourth-order valence-electron chi connectivity index (χ4n) is 2.72. The van der Waals surface area contributed by atoms with Gasteiger partial charge in [-0.2, -0.15) is 13.2 Å². The van der Waals surface area contributed by atoms with Crippen LogP contribution in [0.5, 0.6) is 0 Å². The molecular formula is C15H21F3N4O3S. The Kier molecular flexibility index (Phi) is 6.14. The van der Waals surface area contributed by atoms with Crippen LogP contribution in [0.15, 0.2) is 23.1 Å². The summed E-state index contributed by atoms with van der Waals surface area (Å²) in [5.74, 6) is 0.0188. The number of hydrogen-bond donors (Lipinski definition) is 2. The van der Waals surface area contributed by atoms with Crippen molar-refractivity contribution in [3.05, 3.63) is 23.8 Å². The number of rotatable bonds is 5. The lowest BCUT2D eigenvalue weighted by molar-refractivity contribution is -0.137. The zero-order chi connectivity index (χ0) is 19.5. The molecule has 0 spiro atoms. The molecule has 1 amide bonds. The summed E-state index contributed by atoms with van der Waals surface area (Å²) in [5.41, 5.74) is -1.05. The van der Waals surface area contributed by atoms with Gasteiger partial charge in [-0.05, 0) is 18.2 Å². The molecule has 3 N–H and O–H groups in total. The Morgan fingerprint density at radius 2 is 1.85 bits per heavy atom. The van der Waals surface area contributed by atoms with Crippen LogP contribution in [0, 0.1) is 0 Å². The zero-order valence-electron chi connectivity index (χ0n) is 14.2. The highest BCUT2D eigenvalue weighted by atomic mass is 32.2. The van der Waals surface area contributed by atoms with E-state index in [1.165, 1.54) is 6.92 Å². The lowest BCUT2D eigenvalue weighted by Gasteiger charge is -2.34. The van der Waals surface area contributed by atoms with E-state index in [1.54, 1.807) is 4.90 Å². The third-order valence-electron chi connectivity index (χ3n) is 4.18. The Morgan fingerprint density at radius 3 is 2.35 bits per heavy atom. The molecule has 0 atom stereocenters. The maximum atomic E-state index is 12.8. The maximum absolute atomic E-state index is 12.8. The monoisotopic (exact) mass is 394 g/mol. The van der Waals surface area contributed by atoms with E-state index in [2.05, 4.69) is 10.2 Å². The van der Waals surface area contributed by atoms with Gasteiger partial charge >= 0.3 is 6.18 Å². The van der Waals surface area contributed by atoms with Gasteiger partial charge in [-0.15, -0.1) is 0 Å². The second-order valence-electron chi connectivity index (χ2n) is 6.03. The highest BCUT2D eigenvalue weighted by molar-refractivity contribution is 7.89. The normalized spacial score (nSPS) is 16.6. The van der Waals surface area contributed by atoms with E-state index in [1.807, 2.05) is 0 Å². The number of benzene rings is 1. The fraction of sp³-hybridized carbons (Fsp3) is 0.533. The number of alkyl halides is 3. The van der Waals surface area contributed by atoms with Gasteiger partial charge in [-0.1, -0.05) is 0 Å². The van der Waals surface area contributed by atoms with Crippen molar-refractivity contribution >= 4 is 21.6 Å². The second kappa shape index (κ2) is 7.80. The molecule has 1 fully saturated rings. The molecule has 0 aliphatic carbocycles. The molecule has 0 saturated carbocycles. The van der Waals surface area contributed by atoms with E-state index in [0.717, 1.165) is 12.1 Å². The van der Waals surface area contributed by atoms with Crippen molar-refractivity contribution < 1.29 is 26.4 Å². The molecule has 1 saturated heterocycles. The van der Waals surface area contributed by atoms with Crippen LogP contribution in [-0.2, 0) is 21.0 Å². The number of sulfonamides is 1. The van der Waals surface area contributed by atoms with Crippen molar-refractivity contribution in [2.45, 2.75) is 18.0 Å². The number of primary sulfonamides is 1. The second-order valence-corrected chi connectivity index (χ2v) is 7.56. The van der Waals surface area contributed by atoms with Gasteiger partial charge in [0.15, 0.2) is 0 Å². The number of hydrogen-bond acceptors (Lipinski definition) is 5. The molecule has 1 aliphatic heterocycles. The van der Waals surface area contributed by atoms with Gasteiger partial charge in [-0.3, -0.25) is 9.69 Å². The number of nitrogens with one attached hydrogen (secondary N) is 1. The molecule has 0 unspecified atom stereocenters. The first kappa shape index (κ1) is 20.5. The van der Waals surface area contributed by atoms with Crippen molar-refractivity contribution in [2.24, 2.45) is 5.14 Å². The van der Waals surface area contributed by atoms with E-state index in [4.69, 9.17) is 5.14 Å². The van der Waals surface area contributed by atoms with Gasteiger partial charge in [0, 0.05) is 46.2 Å². The topological polar surface area (TPSA) is 95.7 Å². The molecule has 1 aliphatic rings. The largest absolute Gasteiger partial charge is 0.416 e. The average Bonchev–Trinajstić information content (AvgIpc) is 2.53. The smallest absolute Gasteiger partial charge is 0.383 e. The van der Waals surface area contributed by atoms with Crippen LogP contribution in [0.4, 0.5) is 18.9 Å². The standard InChI is InChI=1S/C15H21F3N4O3S/c1-11(23)22-8-6-21(7-9-22)5-4-20-13-3-2-12(15(16,17)18)10-14(13)26(19,24)25/h2-3,10,20H,4-9H2,1H3,(H2,19,24,25). The summed E-state index contributed by atoms with van der Waals surface area (Å²) in [7, 11) is -4.31. The number of amides is 1. The van der Waals surface area contributed by atoms with Gasteiger partial charge < -0.3 is 10.2 Å². The molecular weight excluding hydrogens is 373 g/mol. The summed E-state index contributed by atoms with van der Waals surface area (Å²) >= 11 is 0. The lowest BCUT2D eigenvalue weighted by atomic mass is 10.2. The van der Waals surface area contributed by atoms with Gasteiger partial charge in [0.05, 0.1) is 11.3 Å². The van der Waals surface area contributed by atoms with Crippen LogP contribution >= 0.6 is 0 Å². The summed E-state index contributed by atoms with van der Waals surface area (Å²) < 4.78 is 61.6. The van der Waals surface area contributed by atoms with Crippen LogP contribution in [0.1, 0.15) is 12.5 Å². The molecule has 0 aromatic heterocycles. The van der Waals surface area contributed by atoms with Crippen LogP contribution in [0.2, 0.25) is 0 Å². The first-order chi connectivity index (χ1) is 12.0. The maximum Gasteiger partial charge on any atom is 0.416 e. The van der Waals surface area contributed by atoms with Crippen LogP contribution in [0.3, 0.4) is 0 Å². The molecule has 1 aromatic carbocycles. The fourth-order valence-corrected chi connectivity index (χ4v) is 3.45. The molecule has 26 heavy (non-hydrogen) atoms. The zero-order valence-corrected chi connectivity index (χ0v) is 15.0. The van der Waals surface area contributed by atoms with Gasteiger partial charge in [0.25, 0.3) is 0 Å². The summed E-state index contributed by atoms with van der Waals surface area (Å²) in [6, 6.07) is 2.40. The van der Waals surface area contributed by atoms with E-state index in [0.29, 0.717) is 45.3 Å². The van der Waals surface area contributed by atoms with E-state index < -0.39 is 26.7 Å². The molecule has 1 heterocycles. The predicted molar refractivity (Wildman–Crippen MR) is 90.0 cm³/mol. The van der Waals surface area contributed by atoms with Crippen molar-refractivity contribution in [1.82, 2.24) is 9.80 Å². The highest BCUT2D eigenvalue weighted by Crippen LogP contribution is 2.33.